The van der Waals surface area contributed by atoms with Crippen LogP contribution in [-0.4, -0.2) is 24.1 Å². The molecule has 5 heteroatoms. The van der Waals surface area contributed by atoms with E-state index in [1.165, 1.54) is 5.57 Å². The molecule has 3 rings (SSSR count). The summed E-state index contributed by atoms with van der Waals surface area (Å²) in [6.45, 7) is 3.86. The number of amides is 1. The smallest absolute Gasteiger partial charge is 0.257 e. The average molecular weight is 279 g/mol. The van der Waals surface area contributed by atoms with E-state index in [1.807, 2.05) is 6.07 Å². The van der Waals surface area contributed by atoms with Gasteiger partial charge in [0, 0.05) is 24.3 Å². The number of carbonyl (C=O) groups is 1. The Balaban J connectivity index is 1.97. The molecule has 0 aliphatic carbocycles. The maximum absolute atomic E-state index is 11.4. The second-order valence-corrected chi connectivity index (χ2v) is 5.44. The Morgan fingerprint density at radius 2 is 2.26 bits per heavy atom. The molecule has 1 aromatic carbocycles. The first kappa shape index (κ1) is 12.5. The fourth-order valence-corrected chi connectivity index (χ4v) is 2.78. The summed E-state index contributed by atoms with van der Waals surface area (Å²) in [5, 5.41) is 13.0. The predicted octanol–water partition coefficient (Wildman–Crippen LogP) is 2.48. The minimum atomic E-state index is -1.11. The fourth-order valence-electron chi connectivity index (χ4n) is 2.49. The van der Waals surface area contributed by atoms with Gasteiger partial charge in [-0.25, -0.2) is 0 Å². The van der Waals surface area contributed by atoms with Crippen LogP contribution in [0.2, 0.25) is 5.02 Å². The van der Waals surface area contributed by atoms with Crippen LogP contribution in [-0.2, 0) is 4.79 Å². The maximum atomic E-state index is 11.4. The van der Waals surface area contributed by atoms with Crippen molar-refractivity contribution in [2.75, 3.05) is 23.3 Å². The number of aliphatic hydroxyl groups excluding tert-OH is 1. The lowest BCUT2D eigenvalue weighted by atomic mass is 10.1. The maximum Gasteiger partial charge on any atom is 0.257 e. The number of nitrogens with zero attached hydrogens (tertiary/aromatic N) is 1. The van der Waals surface area contributed by atoms with Gasteiger partial charge in [-0.3, -0.25) is 4.79 Å². The number of anilines is 2. The Bertz CT molecular complexity index is 583. The Kier molecular flexibility index (Phi) is 2.99. The Hall–Kier alpha value is -1.52. The van der Waals surface area contributed by atoms with E-state index in [0.29, 0.717) is 16.3 Å². The lowest BCUT2D eigenvalue weighted by Crippen LogP contribution is -2.28. The van der Waals surface area contributed by atoms with Crippen LogP contribution >= 0.6 is 11.6 Å². The van der Waals surface area contributed by atoms with E-state index >= 15 is 0 Å². The molecule has 1 unspecified atom stereocenters. The number of benzene rings is 1. The van der Waals surface area contributed by atoms with Gasteiger partial charge in [-0.15, -0.1) is 0 Å². The molecule has 2 aliphatic heterocycles. The molecule has 1 atom stereocenters. The number of carbonyl (C=O) groups excluding carboxylic acids is 1. The molecular formula is C14H15ClN2O2. The van der Waals surface area contributed by atoms with Crippen molar-refractivity contribution in [3.05, 3.63) is 34.4 Å². The Morgan fingerprint density at radius 1 is 1.47 bits per heavy atom. The lowest BCUT2D eigenvalue weighted by molar-refractivity contribution is -0.123. The highest BCUT2D eigenvalue weighted by molar-refractivity contribution is 6.33. The summed E-state index contributed by atoms with van der Waals surface area (Å²) >= 11 is 6.28. The van der Waals surface area contributed by atoms with E-state index in [1.54, 1.807) is 6.07 Å². The first-order valence-corrected chi connectivity index (χ1v) is 6.67. The Morgan fingerprint density at radius 3 is 2.95 bits per heavy atom. The van der Waals surface area contributed by atoms with Gasteiger partial charge in [0.25, 0.3) is 5.91 Å². The molecule has 0 saturated heterocycles. The normalized spacial score (nSPS) is 22.1. The van der Waals surface area contributed by atoms with E-state index in [0.717, 1.165) is 25.2 Å². The van der Waals surface area contributed by atoms with Crippen molar-refractivity contribution in [2.45, 2.75) is 19.4 Å². The average Bonchev–Trinajstić information content (AvgIpc) is 2.66. The van der Waals surface area contributed by atoms with E-state index in [2.05, 4.69) is 23.2 Å². The number of hydrogen-bond donors (Lipinski definition) is 2. The second kappa shape index (κ2) is 4.54. The molecule has 0 aromatic heterocycles. The van der Waals surface area contributed by atoms with Gasteiger partial charge in [-0.05, 0) is 25.5 Å². The van der Waals surface area contributed by atoms with Gasteiger partial charge in [-0.1, -0.05) is 23.3 Å². The van der Waals surface area contributed by atoms with Crippen LogP contribution in [0.15, 0.2) is 23.8 Å². The van der Waals surface area contributed by atoms with Crippen molar-refractivity contribution >= 4 is 28.9 Å². The van der Waals surface area contributed by atoms with Crippen molar-refractivity contribution in [3.8, 4) is 0 Å². The second-order valence-electron chi connectivity index (χ2n) is 5.03. The van der Waals surface area contributed by atoms with Gasteiger partial charge in [0.05, 0.1) is 10.7 Å². The molecule has 1 amide bonds. The van der Waals surface area contributed by atoms with Crippen LogP contribution in [0.5, 0.6) is 0 Å². The van der Waals surface area contributed by atoms with Gasteiger partial charge < -0.3 is 15.3 Å². The molecule has 100 valence electrons. The van der Waals surface area contributed by atoms with Gasteiger partial charge >= 0.3 is 0 Å². The monoisotopic (exact) mass is 278 g/mol. The summed E-state index contributed by atoms with van der Waals surface area (Å²) < 4.78 is 0. The quantitative estimate of drug-likeness (QED) is 0.776. The van der Waals surface area contributed by atoms with E-state index in [4.69, 9.17) is 11.6 Å². The van der Waals surface area contributed by atoms with Crippen LogP contribution in [0.1, 0.15) is 25.0 Å². The lowest BCUT2D eigenvalue weighted by Gasteiger charge is -2.28. The van der Waals surface area contributed by atoms with Crippen LogP contribution in [0.3, 0.4) is 0 Å². The van der Waals surface area contributed by atoms with Crippen molar-refractivity contribution in [2.24, 2.45) is 0 Å². The Labute approximate surface area is 116 Å². The summed E-state index contributed by atoms with van der Waals surface area (Å²) in [5.74, 6) is -0.391. The molecule has 4 nitrogen and oxygen atoms in total. The summed E-state index contributed by atoms with van der Waals surface area (Å²) in [4.78, 5) is 13.6. The molecule has 2 N–H and O–H groups in total. The first-order chi connectivity index (χ1) is 9.06. The molecule has 2 heterocycles. The largest absolute Gasteiger partial charge is 0.378 e. The molecule has 0 fully saturated rings. The molecule has 0 radical (unpaired) electrons. The zero-order valence-corrected chi connectivity index (χ0v) is 11.4. The van der Waals surface area contributed by atoms with Gasteiger partial charge in [0.1, 0.15) is 0 Å². The van der Waals surface area contributed by atoms with Gasteiger partial charge in [-0.2, -0.15) is 0 Å². The van der Waals surface area contributed by atoms with Crippen molar-refractivity contribution in [1.82, 2.24) is 0 Å². The van der Waals surface area contributed by atoms with Crippen LogP contribution in [0.4, 0.5) is 11.4 Å². The summed E-state index contributed by atoms with van der Waals surface area (Å²) in [6, 6.07) is 3.53. The third-order valence-corrected chi connectivity index (χ3v) is 4.00. The van der Waals surface area contributed by atoms with Crippen LogP contribution in [0.25, 0.3) is 0 Å². The SMILES string of the molecule is CC1=CCN(c2cc3c(cc2Cl)C(O)C(=O)N3)CC1. The molecule has 0 spiro atoms. The minimum absolute atomic E-state index is 0.391. The molecule has 2 aliphatic rings. The molecule has 0 saturated carbocycles. The van der Waals surface area contributed by atoms with Crippen LogP contribution < -0.4 is 10.2 Å². The van der Waals surface area contributed by atoms with Gasteiger partial charge in [0.15, 0.2) is 6.10 Å². The number of nitrogens with one attached hydrogen (secondary N) is 1. The highest BCUT2D eigenvalue weighted by atomic mass is 35.5. The van der Waals surface area contributed by atoms with E-state index in [-0.39, 0.29) is 0 Å². The summed E-state index contributed by atoms with van der Waals surface area (Å²) in [5.41, 5.74) is 3.50. The fraction of sp³-hybridized carbons (Fsp3) is 0.357. The standard InChI is InChI=1S/C14H15ClN2O2/c1-8-2-4-17(5-3-8)12-7-11-9(6-10(12)15)13(18)14(19)16-11/h2,6-7,13,18H,3-5H2,1H3,(H,16,19). The first-order valence-electron chi connectivity index (χ1n) is 6.29. The zero-order valence-electron chi connectivity index (χ0n) is 10.6. The third-order valence-electron chi connectivity index (χ3n) is 3.70. The number of rotatable bonds is 1. The number of fused-ring (bicyclic) bond motifs is 1. The summed E-state index contributed by atoms with van der Waals surface area (Å²) in [7, 11) is 0. The highest BCUT2D eigenvalue weighted by Crippen LogP contribution is 2.39. The third kappa shape index (κ3) is 2.11. The molecule has 0 bridgehead atoms. The zero-order chi connectivity index (χ0) is 13.6. The minimum Gasteiger partial charge on any atom is -0.378 e. The topological polar surface area (TPSA) is 52.6 Å². The van der Waals surface area contributed by atoms with Gasteiger partial charge in [0.2, 0.25) is 0 Å². The van der Waals surface area contributed by atoms with Crippen molar-refractivity contribution < 1.29 is 9.90 Å². The molecular weight excluding hydrogens is 264 g/mol. The van der Waals surface area contributed by atoms with Crippen LogP contribution in [0, 0.1) is 0 Å². The molecule has 1 aromatic rings. The summed E-state index contributed by atoms with van der Waals surface area (Å²) in [6.07, 6.45) is 2.09. The van der Waals surface area contributed by atoms with Crippen molar-refractivity contribution in [3.63, 3.8) is 0 Å². The number of aliphatic hydroxyl groups is 1. The van der Waals surface area contributed by atoms with E-state index < -0.39 is 12.0 Å². The highest BCUT2D eigenvalue weighted by Gasteiger charge is 2.30. The predicted molar refractivity (Wildman–Crippen MR) is 75.6 cm³/mol. The van der Waals surface area contributed by atoms with E-state index in [9.17, 15) is 9.90 Å². The number of halogens is 1. The molecule has 19 heavy (non-hydrogen) atoms. The number of hydrogen-bond acceptors (Lipinski definition) is 3. The van der Waals surface area contributed by atoms with Crippen molar-refractivity contribution in [1.29, 1.82) is 0 Å².